The number of aromatic nitrogens is 5. The molecular weight excluding hydrogens is 462 g/mol. The van der Waals surface area contributed by atoms with Crippen LogP contribution < -0.4 is 9.64 Å². The van der Waals surface area contributed by atoms with Crippen molar-refractivity contribution in [1.82, 2.24) is 30.1 Å². The Kier molecular flexibility index (Phi) is 5.89. The Morgan fingerprint density at radius 2 is 1.83 bits per heavy atom. The van der Waals surface area contributed by atoms with E-state index in [1.807, 2.05) is 35.0 Å². The van der Waals surface area contributed by atoms with Gasteiger partial charge in [0.05, 0.1) is 29.6 Å². The van der Waals surface area contributed by atoms with Crippen LogP contribution in [0.1, 0.15) is 23.2 Å². The van der Waals surface area contributed by atoms with E-state index in [0.717, 1.165) is 59.7 Å². The van der Waals surface area contributed by atoms with Crippen molar-refractivity contribution in [3.05, 3.63) is 84.1 Å². The average molecular weight is 488 g/mol. The zero-order valence-electron chi connectivity index (χ0n) is 19.3. The number of methoxy groups -OCH3 is 1. The van der Waals surface area contributed by atoms with E-state index in [9.17, 15) is 0 Å². The highest BCUT2D eigenvalue weighted by Gasteiger charge is 2.31. The number of furan rings is 1. The van der Waals surface area contributed by atoms with Crippen LogP contribution in [0.4, 0.5) is 5.13 Å². The van der Waals surface area contributed by atoms with Gasteiger partial charge in [-0.25, -0.2) is 9.67 Å². The fraction of sp³-hybridized carbons (Fsp3) is 0.280. The largest absolute Gasteiger partial charge is 0.497 e. The highest BCUT2D eigenvalue weighted by molar-refractivity contribution is 7.22. The van der Waals surface area contributed by atoms with Crippen LogP contribution in [0.5, 0.6) is 5.75 Å². The fourth-order valence-electron chi connectivity index (χ4n) is 4.55. The molecular formula is C25H25N7O2S. The monoisotopic (exact) mass is 487 g/mol. The Bertz CT molecular complexity index is 1360. The molecule has 178 valence electrons. The highest BCUT2D eigenvalue weighted by Crippen LogP contribution is 2.33. The number of hydrogen-bond acceptors (Lipinski definition) is 9. The number of nitrogens with zero attached hydrogens (tertiary/aromatic N) is 7. The van der Waals surface area contributed by atoms with Gasteiger partial charge < -0.3 is 14.1 Å². The third kappa shape index (κ3) is 4.38. The number of piperazine rings is 1. The van der Waals surface area contributed by atoms with Gasteiger partial charge in [-0.15, -0.1) is 5.10 Å². The maximum Gasteiger partial charge on any atom is 0.186 e. The minimum Gasteiger partial charge on any atom is -0.497 e. The Balaban J connectivity index is 1.27. The molecule has 0 spiro atoms. The number of ether oxygens (including phenoxy) is 1. The summed E-state index contributed by atoms with van der Waals surface area (Å²) in [5.41, 5.74) is 2.18. The summed E-state index contributed by atoms with van der Waals surface area (Å²) < 4.78 is 14.0. The summed E-state index contributed by atoms with van der Waals surface area (Å²) >= 11 is 1.75. The number of benzene rings is 2. The first-order chi connectivity index (χ1) is 17.3. The fourth-order valence-corrected chi connectivity index (χ4v) is 5.56. The number of tetrazole rings is 1. The summed E-state index contributed by atoms with van der Waals surface area (Å²) in [4.78, 5) is 9.67. The van der Waals surface area contributed by atoms with Gasteiger partial charge in [-0.05, 0) is 52.4 Å². The summed E-state index contributed by atoms with van der Waals surface area (Å²) in [6, 6.07) is 20.2. The van der Waals surface area contributed by atoms with Crippen LogP contribution in [-0.4, -0.2) is 63.4 Å². The number of para-hydroxylation sites is 1. The summed E-state index contributed by atoms with van der Waals surface area (Å²) in [6.07, 6.45) is 1.67. The van der Waals surface area contributed by atoms with Crippen molar-refractivity contribution in [1.29, 1.82) is 0 Å². The molecule has 6 rings (SSSR count). The molecule has 3 aromatic heterocycles. The second-order valence-electron chi connectivity index (χ2n) is 8.44. The van der Waals surface area contributed by atoms with Crippen molar-refractivity contribution in [2.45, 2.75) is 12.6 Å². The van der Waals surface area contributed by atoms with E-state index >= 15 is 0 Å². The van der Waals surface area contributed by atoms with Gasteiger partial charge in [-0.3, -0.25) is 4.90 Å². The summed E-state index contributed by atoms with van der Waals surface area (Å²) in [7, 11) is 1.68. The topological polar surface area (TPSA) is 85.3 Å². The first kappa shape index (κ1) is 21.8. The summed E-state index contributed by atoms with van der Waals surface area (Å²) in [5, 5.41) is 13.8. The van der Waals surface area contributed by atoms with Crippen LogP contribution in [-0.2, 0) is 6.54 Å². The van der Waals surface area contributed by atoms with Crippen LogP contribution >= 0.6 is 11.3 Å². The van der Waals surface area contributed by atoms with Crippen LogP contribution in [0.3, 0.4) is 0 Å². The summed E-state index contributed by atoms with van der Waals surface area (Å²) in [6.45, 7) is 3.96. The maximum atomic E-state index is 5.55. The third-order valence-electron chi connectivity index (χ3n) is 6.35. The molecule has 5 aromatic rings. The number of thiazole rings is 1. The van der Waals surface area contributed by atoms with Gasteiger partial charge in [-0.1, -0.05) is 35.6 Å². The van der Waals surface area contributed by atoms with Crippen LogP contribution in [0.2, 0.25) is 0 Å². The van der Waals surface area contributed by atoms with Crippen molar-refractivity contribution < 1.29 is 9.15 Å². The zero-order chi connectivity index (χ0) is 23.6. The average Bonchev–Trinajstić information content (AvgIpc) is 3.67. The second-order valence-corrected chi connectivity index (χ2v) is 9.45. The molecule has 0 bridgehead atoms. The minimum absolute atomic E-state index is 0.0941. The van der Waals surface area contributed by atoms with E-state index in [-0.39, 0.29) is 6.04 Å². The molecule has 0 aliphatic carbocycles. The van der Waals surface area contributed by atoms with Gasteiger partial charge in [-0.2, -0.15) is 0 Å². The number of hydrogen-bond donors (Lipinski definition) is 0. The van der Waals surface area contributed by atoms with E-state index in [0.29, 0.717) is 6.54 Å². The molecule has 1 fully saturated rings. The lowest BCUT2D eigenvalue weighted by atomic mass is 10.0. The Hall–Kier alpha value is -3.76. The van der Waals surface area contributed by atoms with Gasteiger partial charge in [0.25, 0.3) is 0 Å². The van der Waals surface area contributed by atoms with Crippen LogP contribution in [0, 0.1) is 0 Å². The molecule has 0 N–H and O–H groups in total. The molecule has 10 heteroatoms. The van der Waals surface area contributed by atoms with Gasteiger partial charge in [0.2, 0.25) is 0 Å². The molecule has 0 radical (unpaired) electrons. The van der Waals surface area contributed by atoms with Gasteiger partial charge >= 0.3 is 0 Å². The quantitative estimate of drug-likeness (QED) is 0.342. The molecule has 0 unspecified atom stereocenters. The lowest BCUT2D eigenvalue weighted by Gasteiger charge is -2.38. The SMILES string of the molecule is COc1ccc([C@H](c2nnnn2Cc2ccco2)N2CCN(c3nc4ccccc4s3)CC2)cc1. The molecule has 35 heavy (non-hydrogen) atoms. The molecule has 1 atom stereocenters. The van der Waals surface area contributed by atoms with E-state index in [4.69, 9.17) is 14.1 Å². The molecule has 1 aliphatic rings. The summed E-state index contributed by atoms with van der Waals surface area (Å²) in [5.74, 6) is 2.43. The minimum atomic E-state index is -0.0941. The standard InChI is InChI=1S/C25H25N7O2S/c1-33-19-10-8-18(9-11-19)23(24-27-28-29-32(24)17-20-5-4-16-34-20)30-12-14-31(15-13-30)25-26-21-6-2-3-7-22(21)35-25/h2-11,16,23H,12-15,17H2,1H3/t23-/m1/s1. The number of fused-ring (bicyclic) bond motifs is 1. The number of anilines is 1. The maximum absolute atomic E-state index is 5.55. The molecule has 1 aliphatic heterocycles. The molecule has 4 heterocycles. The Morgan fingerprint density at radius 3 is 2.57 bits per heavy atom. The predicted octanol–water partition coefficient (Wildman–Crippen LogP) is 3.84. The Labute approximate surface area is 206 Å². The second kappa shape index (κ2) is 9.47. The smallest absolute Gasteiger partial charge is 0.186 e. The van der Waals surface area contributed by atoms with E-state index in [1.165, 1.54) is 4.70 Å². The highest BCUT2D eigenvalue weighted by atomic mass is 32.1. The van der Waals surface area contributed by atoms with Crippen molar-refractivity contribution in [3.8, 4) is 5.75 Å². The van der Waals surface area contributed by atoms with Crippen molar-refractivity contribution in [2.24, 2.45) is 0 Å². The molecule has 9 nitrogen and oxygen atoms in total. The molecule has 1 saturated heterocycles. The predicted molar refractivity (Wildman–Crippen MR) is 134 cm³/mol. The third-order valence-corrected chi connectivity index (χ3v) is 7.45. The first-order valence-electron chi connectivity index (χ1n) is 11.6. The van der Waals surface area contributed by atoms with E-state index in [2.05, 4.69) is 55.7 Å². The zero-order valence-corrected chi connectivity index (χ0v) is 20.1. The van der Waals surface area contributed by atoms with Gasteiger partial charge in [0.15, 0.2) is 11.0 Å². The molecule has 0 saturated carbocycles. The van der Waals surface area contributed by atoms with E-state index < -0.39 is 0 Å². The van der Waals surface area contributed by atoms with Crippen LogP contribution in [0.15, 0.2) is 71.3 Å². The van der Waals surface area contributed by atoms with Gasteiger partial charge in [0, 0.05) is 26.2 Å². The van der Waals surface area contributed by atoms with Crippen molar-refractivity contribution in [2.75, 3.05) is 38.2 Å². The van der Waals surface area contributed by atoms with E-state index in [1.54, 1.807) is 24.7 Å². The van der Waals surface area contributed by atoms with Crippen molar-refractivity contribution >= 4 is 26.7 Å². The number of rotatable bonds is 7. The van der Waals surface area contributed by atoms with Crippen molar-refractivity contribution in [3.63, 3.8) is 0 Å². The first-order valence-corrected chi connectivity index (χ1v) is 12.4. The van der Waals surface area contributed by atoms with Gasteiger partial charge in [0.1, 0.15) is 18.1 Å². The normalized spacial score (nSPS) is 15.5. The van der Waals surface area contributed by atoms with Crippen LogP contribution in [0.25, 0.3) is 10.2 Å². The Morgan fingerprint density at radius 1 is 1.00 bits per heavy atom. The molecule has 2 aromatic carbocycles. The lowest BCUT2D eigenvalue weighted by Crippen LogP contribution is -2.48. The molecule has 0 amide bonds. The lowest BCUT2D eigenvalue weighted by molar-refractivity contribution is 0.200.